The molecule has 5 amide bonds. The van der Waals surface area contributed by atoms with Crippen molar-refractivity contribution in [2.24, 2.45) is 0 Å². The van der Waals surface area contributed by atoms with Gasteiger partial charge in [-0.1, -0.05) is 172 Å². The van der Waals surface area contributed by atoms with Crippen LogP contribution in [0.4, 0.5) is 24.0 Å². The molecule has 6 N–H and O–H groups in total. The number of benzene rings is 5. The van der Waals surface area contributed by atoms with Crippen LogP contribution in [0.3, 0.4) is 0 Å². The Hall–Kier alpha value is -10.8. The second-order valence-electron chi connectivity index (χ2n) is 29.4. The SMILES string of the molecule is CC(=O)OC[C@H]1O[C@@H](O[C@@H]2[C@@H](OC(C)=O)[C@H](NC(=O)OCc3ccccc3)C[C@H](NC(=O)OCc3ccccc3)[C@H]2O[C@H]2O[C@H](CO[Si](C)(C)C(C)(C)C)[C@@H](O)[C@H](OC(C)=O)[C@H]2NC(=O)OCc2ccccc2)[C@H](OC(C)=O)[C@@H]1O[C@H]1O[C@@H](CNC(=O)OCc2ccccc2)[C@@H](OC(C)=O)[C@H](OC(C)=O)[C@H]1NC(=O)OCc1ccccc1. The van der Waals surface area contributed by atoms with E-state index in [1.807, 2.05) is 33.9 Å². The molecule has 1 aliphatic carbocycles. The molecule has 19 atom stereocenters. The second-order valence-corrected chi connectivity index (χ2v) is 34.2. The van der Waals surface area contributed by atoms with E-state index in [-0.39, 0.29) is 33.0 Å². The van der Waals surface area contributed by atoms with Crippen molar-refractivity contribution < 1.29 is 143 Å². The number of carbonyl (C=O) groups is 11. The maximum Gasteiger partial charge on any atom is 0.407 e. The summed E-state index contributed by atoms with van der Waals surface area (Å²) >= 11 is 0. The van der Waals surface area contributed by atoms with Gasteiger partial charge in [-0.3, -0.25) is 28.8 Å². The normalized spacial score (nSPS) is 26.2. The van der Waals surface area contributed by atoms with Crippen LogP contribution >= 0.6 is 0 Å². The van der Waals surface area contributed by atoms with Crippen molar-refractivity contribution in [3.63, 3.8) is 0 Å². The molecule has 3 saturated heterocycles. The maximum atomic E-state index is 14.8. The molecule has 634 valence electrons. The first kappa shape index (κ1) is 90.1. The molecule has 3 aliphatic heterocycles. The summed E-state index contributed by atoms with van der Waals surface area (Å²) in [5, 5.41) is 25.4. The molecule has 0 radical (unpaired) electrons. The number of alkyl carbamates (subject to hydrolysis) is 5. The van der Waals surface area contributed by atoms with E-state index in [1.54, 1.807) is 152 Å². The minimum absolute atomic E-state index is 0.213. The Labute approximate surface area is 676 Å². The van der Waals surface area contributed by atoms with Gasteiger partial charge in [0.15, 0.2) is 57.7 Å². The zero-order chi connectivity index (χ0) is 84.5. The molecule has 5 aromatic rings. The number of rotatable bonds is 32. The molecule has 5 aromatic carbocycles. The van der Waals surface area contributed by atoms with Gasteiger partial charge >= 0.3 is 66.3 Å². The fourth-order valence-corrected chi connectivity index (χ4v) is 14.0. The molecule has 1 saturated carbocycles. The number of aliphatic hydroxyl groups excluding tert-OH is 1. The summed E-state index contributed by atoms with van der Waals surface area (Å²) < 4.78 is 112. The minimum atomic E-state index is -2.80. The topological polar surface area (TPSA) is 434 Å². The molecule has 9 rings (SSSR count). The maximum absolute atomic E-state index is 14.8. The van der Waals surface area contributed by atoms with Gasteiger partial charge in [0.25, 0.3) is 0 Å². The number of nitrogens with one attached hydrogen (secondary N) is 5. The lowest BCUT2D eigenvalue weighted by atomic mass is 9.83. The minimum Gasteiger partial charge on any atom is -0.463 e. The van der Waals surface area contributed by atoms with Gasteiger partial charge in [0.05, 0.1) is 25.2 Å². The van der Waals surface area contributed by atoms with Crippen molar-refractivity contribution in [1.29, 1.82) is 0 Å². The summed E-state index contributed by atoms with van der Waals surface area (Å²) in [6.45, 7) is 12.5. The highest BCUT2D eigenvalue weighted by molar-refractivity contribution is 6.74. The molecule has 0 spiro atoms. The van der Waals surface area contributed by atoms with Crippen LogP contribution in [-0.2, 0) is 147 Å². The van der Waals surface area contributed by atoms with Gasteiger partial charge in [-0.25, -0.2) is 24.0 Å². The molecule has 0 bridgehead atoms. The molecule has 0 unspecified atom stereocenters. The predicted molar refractivity (Wildman–Crippen MR) is 408 cm³/mol. The lowest BCUT2D eigenvalue weighted by molar-refractivity contribution is -0.315. The Morgan fingerprint density at radius 2 is 0.709 bits per heavy atom. The van der Waals surface area contributed by atoms with Crippen LogP contribution in [0.5, 0.6) is 0 Å². The van der Waals surface area contributed by atoms with Crippen LogP contribution in [0.2, 0.25) is 18.1 Å². The van der Waals surface area contributed by atoms with Gasteiger partial charge in [0, 0.05) is 41.5 Å². The Morgan fingerprint density at radius 3 is 1.13 bits per heavy atom. The van der Waals surface area contributed by atoms with Crippen LogP contribution in [0.25, 0.3) is 0 Å². The molecule has 117 heavy (non-hydrogen) atoms. The van der Waals surface area contributed by atoms with Gasteiger partial charge < -0.3 is 117 Å². The standard InChI is InChI=1S/C81H101N5O30Si/c1-46(87)99-44-61-68(115-74-63(86-80(98)104-43-56-35-25-16-26-36-56)70(109-50(5)91)67(107-48(3)89)59(111-74)38-82-76(94)100-39-52-27-17-12-18-28-52)72(110-51(6)92)75(113-61)116-71-65(106-47(2)88)57(83-77(95)101-40-53-29-19-13-20-30-53)37-58(84-78(96)102-41-54-31-21-14-22-32-54)66(71)114-73-62(85-79(97)103-42-55-33-23-15-24-34-55)69(108-49(4)90)64(93)60(112-73)45-105-117(10,11)81(7,8)9/h12-36,57-75,93H,37-45H2,1-11H3,(H,82,94)(H,83,95)(H,84,96)(H,85,97)(H,86,98)/t57-,58+,59+,60-,61-,62-,63-,64-,65+,66-,67-,68-,69-,70-,71-,72-,73-,74-,75+/m1/s1. The number of esters is 6. The average Bonchev–Trinajstić information content (AvgIpc) is 1.75. The van der Waals surface area contributed by atoms with E-state index < -0.39 is 222 Å². The van der Waals surface area contributed by atoms with E-state index in [9.17, 15) is 57.8 Å². The Bertz CT molecular complexity index is 4120. The number of aliphatic hydroxyl groups is 1. The van der Waals surface area contributed by atoms with Crippen molar-refractivity contribution in [3.8, 4) is 0 Å². The third kappa shape index (κ3) is 27.1. The Morgan fingerprint density at radius 1 is 0.368 bits per heavy atom. The van der Waals surface area contributed by atoms with Gasteiger partial charge in [-0.15, -0.1) is 0 Å². The summed E-state index contributed by atoms with van der Waals surface area (Å²) in [6, 6.07) is 35.7. The van der Waals surface area contributed by atoms with Crippen LogP contribution in [0.1, 0.15) is 96.6 Å². The van der Waals surface area contributed by atoms with E-state index in [0.717, 1.165) is 41.5 Å². The molecule has 4 fully saturated rings. The predicted octanol–water partition coefficient (Wildman–Crippen LogP) is 7.43. The largest absolute Gasteiger partial charge is 0.463 e. The molecular formula is C81H101N5O30Si. The molecule has 4 aliphatic rings. The van der Waals surface area contributed by atoms with E-state index in [1.165, 1.54) is 0 Å². The highest BCUT2D eigenvalue weighted by atomic mass is 28.4. The highest BCUT2D eigenvalue weighted by Crippen LogP contribution is 2.41. The van der Waals surface area contributed by atoms with Crippen molar-refractivity contribution in [2.45, 2.75) is 236 Å². The first-order chi connectivity index (χ1) is 55.8. The summed E-state index contributed by atoms with van der Waals surface area (Å²) in [4.78, 5) is 153. The van der Waals surface area contributed by atoms with Crippen LogP contribution in [0.15, 0.2) is 152 Å². The van der Waals surface area contributed by atoms with Gasteiger partial charge in [-0.2, -0.15) is 0 Å². The number of carbonyl (C=O) groups excluding carboxylic acids is 11. The zero-order valence-corrected chi connectivity index (χ0v) is 67.6. The molecule has 36 heteroatoms. The summed E-state index contributed by atoms with van der Waals surface area (Å²) in [5.74, 6) is -6.00. The second kappa shape index (κ2) is 42.9. The fourth-order valence-electron chi connectivity index (χ4n) is 13.0. The van der Waals surface area contributed by atoms with Crippen molar-refractivity contribution >= 4 is 74.6 Å². The molecule has 3 heterocycles. The number of ether oxygens (including phenoxy) is 17. The highest BCUT2D eigenvalue weighted by Gasteiger charge is 2.61. The average molecular weight is 1650 g/mol. The van der Waals surface area contributed by atoms with Crippen molar-refractivity contribution in [3.05, 3.63) is 179 Å². The first-order valence-electron chi connectivity index (χ1n) is 37.9. The van der Waals surface area contributed by atoms with Crippen LogP contribution in [-0.4, -0.2) is 216 Å². The molecule has 35 nitrogen and oxygen atoms in total. The third-order valence-corrected chi connectivity index (χ3v) is 24.0. The zero-order valence-electron chi connectivity index (χ0n) is 66.6. The van der Waals surface area contributed by atoms with Crippen LogP contribution in [0, 0.1) is 0 Å². The number of hydrogen-bond acceptors (Lipinski definition) is 30. The number of amides is 5. The number of hydrogen-bond donors (Lipinski definition) is 6. The van der Waals surface area contributed by atoms with E-state index in [2.05, 4.69) is 26.6 Å². The summed E-state index contributed by atoms with van der Waals surface area (Å²) in [6.07, 6.45) is -34.5. The Balaban J connectivity index is 1.20. The van der Waals surface area contributed by atoms with Gasteiger partial charge in [0.2, 0.25) is 0 Å². The monoisotopic (exact) mass is 1650 g/mol. The lowest BCUT2D eigenvalue weighted by Crippen LogP contribution is -2.71. The van der Waals surface area contributed by atoms with E-state index >= 15 is 0 Å². The van der Waals surface area contributed by atoms with Gasteiger partial charge in [0.1, 0.15) is 94.5 Å². The quantitative estimate of drug-likeness (QED) is 0.0138. The van der Waals surface area contributed by atoms with E-state index in [0.29, 0.717) is 27.8 Å². The Kier molecular flexibility index (Phi) is 33.0. The molecular weight excluding hydrogens is 1550 g/mol. The van der Waals surface area contributed by atoms with Gasteiger partial charge in [-0.05, 0) is 52.4 Å². The molecule has 0 aromatic heterocycles. The van der Waals surface area contributed by atoms with Crippen molar-refractivity contribution in [2.75, 3.05) is 19.8 Å². The summed E-state index contributed by atoms with van der Waals surface area (Å²) in [5.41, 5.74) is 2.74. The van der Waals surface area contributed by atoms with Crippen molar-refractivity contribution in [1.82, 2.24) is 26.6 Å². The summed E-state index contributed by atoms with van der Waals surface area (Å²) in [7, 11) is -2.80. The van der Waals surface area contributed by atoms with Crippen LogP contribution < -0.4 is 26.6 Å². The van der Waals surface area contributed by atoms with E-state index in [4.69, 9.17) is 85.0 Å². The smallest absolute Gasteiger partial charge is 0.407 e. The fraction of sp³-hybridized carbons (Fsp3) is 0.494. The first-order valence-corrected chi connectivity index (χ1v) is 40.8. The lowest BCUT2D eigenvalue weighted by Gasteiger charge is -2.50. The third-order valence-electron chi connectivity index (χ3n) is 19.5.